The SMILES string of the molecule is CCc1cccc(C)c1NC(=O)C1CCN(c2cc(C)nc3cc(-c4ccc(OC)cc4)nn23)CC1. The fourth-order valence-electron chi connectivity index (χ4n) is 5.01. The lowest BCUT2D eigenvalue weighted by Gasteiger charge is -2.33. The van der Waals surface area contributed by atoms with Gasteiger partial charge < -0.3 is 15.0 Å². The van der Waals surface area contributed by atoms with Gasteiger partial charge in [-0.1, -0.05) is 25.1 Å². The molecule has 2 aromatic heterocycles. The molecule has 0 radical (unpaired) electrons. The topological polar surface area (TPSA) is 71.8 Å². The Kier molecular flexibility index (Phi) is 6.63. The van der Waals surface area contributed by atoms with Gasteiger partial charge in [0.15, 0.2) is 5.65 Å². The molecule has 3 heterocycles. The van der Waals surface area contributed by atoms with Crippen molar-refractivity contribution in [3.8, 4) is 17.0 Å². The highest BCUT2D eigenvalue weighted by atomic mass is 16.5. The third kappa shape index (κ3) is 4.65. The van der Waals surface area contributed by atoms with Crippen molar-refractivity contribution in [2.24, 2.45) is 5.92 Å². The number of carbonyl (C=O) groups is 1. The molecular formula is C29H33N5O2. The minimum Gasteiger partial charge on any atom is -0.497 e. The highest BCUT2D eigenvalue weighted by molar-refractivity contribution is 5.94. The van der Waals surface area contributed by atoms with E-state index < -0.39 is 0 Å². The largest absolute Gasteiger partial charge is 0.497 e. The smallest absolute Gasteiger partial charge is 0.227 e. The summed E-state index contributed by atoms with van der Waals surface area (Å²) in [6, 6.07) is 18.2. The van der Waals surface area contributed by atoms with Crippen LogP contribution < -0.4 is 15.0 Å². The van der Waals surface area contributed by atoms with E-state index in [4.69, 9.17) is 14.8 Å². The number of rotatable bonds is 6. The van der Waals surface area contributed by atoms with Gasteiger partial charge in [0.05, 0.1) is 12.8 Å². The number of carbonyl (C=O) groups excluding carboxylic acids is 1. The van der Waals surface area contributed by atoms with Crippen molar-refractivity contribution in [2.75, 3.05) is 30.4 Å². The molecule has 7 heteroatoms. The maximum Gasteiger partial charge on any atom is 0.227 e. The Hall–Kier alpha value is -3.87. The lowest BCUT2D eigenvalue weighted by atomic mass is 9.95. The van der Waals surface area contributed by atoms with E-state index in [0.29, 0.717) is 0 Å². The zero-order valence-corrected chi connectivity index (χ0v) is 21.4. The number of nitrogens with zero attached hydrogens (tertiary/aromatic N) is 4. The second-order valence-corrected chi connectivity index (χ2v) is 9.50. The second kappa shape index (κ2) is 10.0. The van der Waals surface area contributed by atoms with Gasteiger partial charge in [-0.25, -0.2) is 4.98 Å². The molecule has 0 atom stereocenters. The molecule has 1 fully saturated rings. The number of fused-ring (bicyclic) bond motifs is 1. The van der Waals surface area contributed by atoms with Gasteiger partial charge in [-0.3, -0.25) is 4.79 Å². The maximum absolute atomic E-state index is 13.1. The van der Waals surface area contributed by atoms with E-state index in [2.05, 4.69) is 48.3 Å². The number of aromatic nitrogens is 3. The molecule has 1 amide bonds. The molecule has 0 saturated carbocycles. The molecule has 0 bridgehead atoms. The first-order chi connectivity index (χ1) is 17.5. The normalized spacial score (nSPS) is 14.3. The van der Waals surface area contributed by atoms with E-state index in [0.717, 1.165) is 77.8 Å². The number of anilines is 2. The number of para-hydroxylation sites is 1. The minimum atomic E-state index is -0.00327. The van der Waals surface area contributed by atoms with Crippen molar-refractivity contribution in [3.63, 3.8) is 0 Å². The van der Waals surface area contributed by atoms with Gasteiger partial charge in [0.2, 0.25) is 5.91 Å². The second-order valence-electron chi connectivity index (χ2n) is 9.50. The molecule has 1 aliphatic heterocycles. The quantitative estimate of drug-likeness (QED) is 0.395. The number of nitrogens with one attached hydrogen (secondary N) is 1. The lowest BCUT2D eigenvalue weighted by molar-refractivity contribution is -0.120. The summed E-state index contributed by atoms with van der Waals surface area (Å²) in [6.07, 6.45) is 2.50. The molecule has 2 aromatic carbocycles. The van der Waals surface area contributed by atoms with Crippen LogP contribution in [0.5, 0.6) is 5.75 Å². The van der Waals surface area contributed by atoms with Crippen LogP contribution in [0.15, 0.2) is 54.6 Å². The van der Waals surface area contributed by atoms with Crippen LogP contribution in [-0.4, -0.2) is 40.7 Å². The highest BCUT2D eigenvalue weighted by Gasteiger charge is 2.27. The van der Waals surface area contributed by atoms with Crippen molar-refractivity contribution < 1.29 is 9.53 Å². The fourth-order valence-corrected chi connectivity index (χ4v) is 5.01. The van der Waals surface area contributed by atoms with E-state index in [1.54, 1.807) is 7.11 Å². The van der Waals surface area contributed by atoms with Gasteiger partial charge in [0.1, 0.15) is 11.6 Å². The number of benzene rings is 2. The summed E-state index contributed by atoms with van der Waals surface area (Å²) >= 11 is 0. The van der Waals surface area contributed by atoms with Gasteiger partial charge in [0.25, 0.3) is 0 Å². The van der Waals surface area contributed by atoms with Crippen LogP contribution in [-0.2, 0) is 11.2 Å². The molecule has 0 spiro atoms. The van der Waals surface area contributed by atoms with Gasteiger partial charge in [0, 0.05) is 48.1 Å². The third-order valence-corrected chi connectivity index (χ3v) is 7.10. The van der Waals surface area contributed by atoms with Gasteiger partial charge >= 0.3 is 0 Å². The summed E-state index contributed by atoms with van der Waals surface area (Å²) in [6.45, 7) is 7.77. The first-order valence-corrected chi connectivity index (χ1v) is 12.6. The molecule has 4 aromatic rings. The molecule has 0 unspecified atom stereocenters. The maximum atomic E-state index is 13.1. The average molecular weight is 484 g/mol. The van der Waals surface area contributed by atoms with Crippen molar-refractivity contribution in [1.82, 2.24) is 14.6 Å². The van der Waals surface area contributed by atoms with Crippen molar-refractivity contribution in [1.29, 1.82) is 0 Å². The Morgan fingerprint density at radius 2 is 1.83 bits per heavy atom. The van der Waals surface area contributed by atoms with Crippen LogP contribution >= 0.6 is 0 Å². The molecule has 186 valence electrons. The predicted molar refractivity (Wildman–Crippen MR) is 144 cm³/mol. The number of piperidine rings is 1. The standard InChI is InChI=1S/C29H33N5O2/c1-5-21-8-6-7-19(2)28(21)31-29(35)23-13-15-33(16-14-23)27-17-20(3)30-26-18-25(32-34(26)27)22-9-11-24(36-4)12-10-22/h6-12,17-18,23H,5,13-16H2,1-4H3,(H,31,35). The zero-order chi connectivity index (χ0) is 25.2. The summed E-state index contributed by atoms with van der Waals surface area (Å²) in [5, 5.41) is 8.11. The molecule has 1 aliphatic rings. The Bertz CT molecular complexity index is 1390. The molecule has 7 nitrogen and oxygen atoms in total. The van der Waals surface area contributed by atoms with Crippen LogP contribution in [0.3, 0.4) is 0 Å². The van der Waals surface area contributed by atoms with Crippen LogP contribution in [0, 0.1) is 19.8 Å². The van der Waals surface area contributed by atoms with Crippen LogP contribution in [0.1, 0.15) is 36.6 Å². The number of methoxy groups -OCH3 is 1. The Labute approximate surface area is 212 Å². The lowest BCUT2D eigenvalue weighted by Crippen LogP contribution is -2.39. The van der Waals surface area contributed by atoms with Gasteiger partial charge in [-0.2, -0.15) is 9.61 Å². The molecule has 1 N–H and O–H groups in total. The van der Waals surface area contributed by atoms with E-state index >= 15 is 0 Å². The van der Waals surface area contributed by atoms with E-state index in [1.807, 2.05) is 41.8 Å². The number of ether oxygens (including phenoxy) is 1. The summed E-state index contributed by atoms with van der Waals surface area (Å²) in [4.78, 5) is 20.2. The van der Waals surface area contributed by atoms with E-state index in [1.165, 1.54) is 5.56 Å². The van der Waals surface area contributed by atoms with Crippen molar-refractivity contribution in [2.45, 2.75) is 40.0 Å². The number of hydrogen-bond acceptors (Lipinski definition) is 5. The Balaban J connectivity index is 1.33. The number of amides is 1. The first kappa shape index (κ1) is 23.9. The van der Waals surface area contributed by atoms with Crippen LogP contribution in [0.2, 0.25) is 0 Å². The molecule has 0 aliphatic carbocycles. The molecular weight excluding hydrogens is 450 g/mol. The fraction of sp³-hybridized carbons (Fsp3) is 0.345. The summed E-state index contributed by atoms with van der Waals surface area (Å²) in [5.74, 6) is 1.95. The number of aryl methyl sites for hydroxylation is 3. The first-order valence-electron chi connectivity index (χ1n) is 12.6. The molecule has 5 rings (SSSR count). The third-order valence-electron chi connectivity index (χ3n) is 7.10. The summed E-state index contributed by atoms with van der Waals surface area (Å²) in [5.41, 5.74) is 6.93. The average Bonchev–Trinajstić information content (AvgIpc) is 3.33. The Morgan fingerprint density at radius 3 is 2.53 bits per heavy atom. The van der Waals surface area contributed by atoms with Crippen LogP contribution in [0.25, 0.3) is 16.9 Å². The Morgan fingerprint density at radius 1 is 1.08 bits per heavy atom. The summed E-state index contributed by atoms with van der Waals surface area (Å²) < 4.78 is 7.21. The minimum absolute atomic E-state index is 0.00327. The molecule has 1 saturated heterocycles. The van der Waals surface area contributed by atoms with E-state index in [-0.39, 0.29) is 11.8 Å². The summed E-state index contributed by atoms with van der Waals surface area (Å²) in [7, 11) is 1.66. The van der Waals surface area contributed by atoms with Gasteiger partial charge in [-0.05, 0) is 68.5 Å². The predicted octanol–water partition coefficient (Wildman–Crippen LogP) is 5.44. The monoisotopic (exact) mass is 483 g/mol. The number of hydrogen-bond donors (Lipinski definition) is 1. The van der Waals surface area contributed by atoms with Crippen molar-refractivity contribution in [3.05, 3.63) is 71.4 Å². The zero-order valence-electron chi connectivity index (χ0n) is 21.4. The van der Waals surface area contributed by atoms with Crippen molar-refractivity contribution >= 4 is 23.1 Å². The van der Waals surface area contributed by atoms with Gasteiger partial charge in [-0.15, -0.1) is 0 Å². The highest BCUT2D eigenvalue weighted by Crippen LogP contribution is 2.29. The van der Waals surface area contributed by atoms with E-state index in [9.17, 15) is 4.79 Å². The molecule has 36 heavy (non-hydrogen) atoms. The van der Waals surface area contributed by atoms with Crippen LogP contribution in [0.4, 0.5) is 11.5 Å².